The van der Waals surface area contributed by atoms with Crippen LogP contribution in [0.3, 0.4) is 0 Å². The number of amides is 1. The first kappa shape index (κ1) is 14.8. The molecular formula is C13H23NO2. The number of hydrogen-bond donors (Lipinski definition) is 1. The van der Waals surface area contributed by atoms with Gasteiger partial charge in [-0.2, -0.15) is 0 Å². The van der Waals surface area contributed by atoms with Crippen LogP contribution < -0.4 is 5.32 Å². The highest BCUT2D eigenvalue weighted by Crippen LogP contribution is 2.13. The molecule has 0 saturated heterocycles. The van der Waals surface area contributed by atoms with Crippen LogP contribution in [0.25, 0.3) is 0 Å². The van der Waals surface area contributed by atoms with Crippen LogP contribution in [0, 0.1) is 24.2 Å². The fraction of sp³-hybridized carbons (Fsp3) is 0.769. The molecule has 0 spiro atoms. The Kier molecular flexibility index (Phi) is 5.95. The third kappa shape index (κ3) is 6.34. The third-order valence-electron chi connectivity index (χ3n) is 2.41. The first-order chi connectivity index (χ1) is 7.30. The summed E-state index contributed by atoms with van der Waals surface area (Å²) in [6, 6.07) is 0. The quantitative estimate of drug-likeness (QED) is 0.747. The van der Waals surface area contributed by atoms with E-state index in [9.17, 15) is 4.79 Å². The summed E-state index contributed by atoms with van der Waals surface area (Å²) in [5.41, 5.74) is -0.466. The second-order valence-corrected chi connectivity index (χ2v) is 5.04. The molecular weight excluding hydrogens is 202 g/mol. The van der Waals surface area contributed by atoms with Crippen LogP contribution in [-0.4, -0.2) is 18.2 Å². The van der Waals surface area contributed by atoms with Crippen molar-refractivity contribution in [3.8, 4) is 12.3 Å². The van der Waals surface area contributed by atoms with Crippen molar-refractivity contribution in [3.63, 3.8) is 0 Å². The van der Waals surface area contributed by atoms with Gasteiger partial charge in [-0.3, -0.25) is 0 Å². The largest absolute Gasteiger partial charge is 0.444 e. The zero-order valence-corrected chi connectivity index (χ0v) is 11.0. The highest BCUT2D eigenvalue weighted by atomic mass is 16.6. The smallest absolute Gasteiger partial charge is 0.407 e. The molecule has 1 amide bonds. The van der Waals surface area contributed by atoms with E-state index >= 15 is 0 Å². The number of carbonyl (C=O) groups excluding carboxylic acids is 1. The lowest BCUT2D eigenvalue weighted by molar-refractivity contribution is 0.0519. The van der Waals surface area contributed by atoms with Crippen molar-refractivity contribution in [2.45, 2.75) is 46.6 Å². The maximum atomic E-state index is 11.4. The Balaban J connectivity index is 4.04. The molecule has 0 fully saturated rings. The fourth-order valence-corrected chi connectivity index (χ4v) is 1.22. The molecule has 0 heterocycles. The highest BCUT2D eigenvalue weighted by Gasteiger charge is 2.18. The van der Waals surface area contributed by atoms with E-state index in [4.69, 9.17) is 11.2 Å². The maximum Gasteiger partial charge on any atom is 0.407 e. The van der Waals surface area contributed by atoms with Crippen molar-refractivity contribution in [2.24, 2.45) is 11.8 Å². The lowest BCUT2D eigenvalue weighted by Crippen LogP contribution is -2.36. The van der Waals surface area contributed by atoms with E-state index in [1.54, 1.807) is 0 Å². The number of carbonyl (C=O) groups is 1. The van der Waals surface area contributed by atoms with E-state index in [0.717, 1.165) is 6.42 Å². The minimum absolute atomic E-state index is 0.0671. The van der Waals surface area contributed by atoms with E-state index in [-0.39, 0.29) is 5.92 Å². The van der Waals surface area contributed by atoms with Crippen molar-refractivity contribution in [2.75, 3.05) is 6.54 Å². The zero-order chi connectivity index (χ0) is 12.8. The predicted molar refractivity (Wildman–Crippen MR) is 66.0 cm³/mol. The minimum atomic E-state index is -0.466. The molecule has 0 aliphatic carbocycles. The molecule has 3 nitrogen and oxygen atoms in total. The lowest BCUT2D eigenvalue weighted by Gasteiger charge is -2.22. The molecule has 0 aromatic carbocycles. The minimum Gasteiger partial charge on any atom is -0.444 e. The molecule has 0 radical (unpaired) electrons. The van der Waals surface area contributed by atoms with Gasteiger partial charge in [-0.25, -0.2) is 4.79 Å². The SMILES string of the molecule is C#C[C@H](CNC(=O)OC(C)(C)C)[C@H](C)CC. The Labute approximate surface area is 98.9 Å². The first-order valence-corrected chi connectivity index (χ1v) is 5.73. The van der Waals surface area contributed by atoms with Gasteiger partial charge in [0, 0.05) is 12.5 Å². The van der Waals surface area contributed by atoms with Crippen LogP contribution in [0.5, 0.6) is 0 Å². The van der Waals surface area contributed by atoms with Crippen LogP contribution in [0.2, 0.25) is 0 Å². The molecule has 2 atom stereocenters. The second-order valence-electron chi connectivity index (χ2n) is 5.04. The molecule has 0 saturated carbocycles. The fourth-order valence-electron chi connectivity index (χ4n) is 1.22. The van der Waals surface area contributed by atoms with E-state index in [2.05, 4.69) is 25.1 Å². The summed E-state index contributed by atoms with van der Waals surface area (Å²) in [5.74, 6) is 3.17. The zero-order valence-electron chi connectivity index (χ0n) is 11.0. The maximum absolute atomic E-state index is 11.4. The normalized spacial score (nSPS) is 14.8. The van der Waals surface area contributed by atoms with Crippen LogP contribution in [0.15, 0.2) is 0 Å². The number of nitrogens with one attached hydrogen (secondary N) is 1. The molecule has 0 aliphatic heterocycles. The topological polar surface area (TPSA) is 38.3 Å². The Bertz CT molecular complexity index is 260. The van der Waals surface area contributed by atoms with E-state index in [1.165, 1.54) is 0 Å². The predicted octanol–water partition coefficient (Wildman–Crippen LogP) is 2.81. The Morgan fingerprint density at radius 2 is 2.06 bits per heavy atom. The van der Waals surface area contributed by atoms with Gasteiger partial charge in [0.25, 0.3) is 0 Å². The summed E-state index contributed by atoms with van der Waals surface area (Å²) in [6.07, 6.45) is 6.02. The van der Waals surface area contributed by atoms with Crippen molar-refractivity contribution >= 4 is 6.09 Å². The number of terminal acetylenes is 1. The molecule has 0 unspecified atom stereocenters. The first-order valence-electron chi connectivity index (χ1n) is 5.73. The van der Waals surface area contributed by atoms with Crippen LogP contribution in [0.4, 0.5) is 4.79 Å². The van der Waals surface area contributed by atoms with Crippen LogP contribution >= 0.6 is 0 Å². The summed E-state index contributed by atoms with van der Waals surface area (Å²) < 4.78 is 5.13. The van der Waals surface area contributed by atoms with Crippen molar-refractivity contribution in [1.29, 1.82) is 0 Å². The second kappa shape index (κ2) is 6.42. The van der Waals surface area contributed by atoms with Gasteiger partial charge in [0.2, 0.25) is 0 Å². The van der Waals surface area contributed by atoms with E-state index in [0.29, 0.717) is 12.5 Å². The van der Waals surface area contributed by atoms with Crippen LogP contribution in [0.1, 0.15) is 41.0 Å². The van der Waals surface area contributed by atoms with Gasteiger partial charge in [0.1, 0.15) is 5.60 Å². The summed E-state index contributed by atoms with van der Waals surface area (Å²) in [6.45, 7) is 10.1. The average molecular weight is 225 g/mol. The third-order valence-corrected chi connectivity index (χ3v) is 2.41. The molecule has 92 valence electrons. The van der Waals surface area contributed by atoms with E-state index < -0.39 is 11.7 Å². The van der Waals surface area contributed by atoms with Crippen molar-refractivity contribution in [3.05, 3.63) is 0 Å². The molecule has 0 rings (SSSR count). The number of ether oxygens (including phenoxy) is 1. The van der Waals surface area contributed by atoms with Gasteiger partial charge in [0.15, 0.2) is 0 Å². The van der Waals surface area contributed by atoms with Crippen LogP contribution in [-0.2, 0) is 4.74 Å². The van der Waals surface area contributed by atoms with Crippen molar-refractivity contribution in [1.82, 2.24) is 5.32 Å². The highest BCUT2D eigenvalue weighted by molar-refractivity contribution is 5.67. The standard InChI is InChI=1S/C13H23NO2/c1-7-10(3)11(8-2)9-14-12(15)16-13(4,5)6/h2,10-11H,7,9H2,1,3-6H3,(H,14,15)/t10-,11-/m1/s1. The molecule has 3 heteroatoms. The molecule has 0 aliphatic rings. The molecule has 16 heavy (non-hydrogen) atoms. The van der Waals surface area contributed by atoms with E-state index in [1.807, 2.05) is 20.8 Å². The molecule has 0 aromatic heterocycles. The summed E-state index contributed by atoms with van der Waals surface area (Å²) in [7, 11) is 0. The van der Waals surface area contributed by atoms with Gasteiger partial charge in [-0.1, -0.05) is 20.3 Å². The lowest BCUT2D eigenvalue weighted by atomic mass is 9.92. The Hall–Kier alpha value is -1.17. The van der Waals surface area contributed by atoms with Gasteiger partial charge in [0.05, 0.1) is 0 Å². The Morgan fingerprint density at radius 3 is 2.44 bits per heavy atom. The monoisotopic (exact) mass is 225 g/mol. The Morgan fingerprint density at radius 1 is 1.50 bits per heavy atom. The summed E-state index contributed by atoms with van der Waals surface area (Å²) in [4.78, 5) is 11.4. The molecule has 1 N–H and O–H groups in total. The van der Waals surface area contributed by atoms with Gasteiger partial charge in [-0.15, -0.1) is 12.3 Å². The molecule has 0 bridgehead atoms. The average Bonchev–Trinajstić information content (AvgIpc) is 2.15. The van der Waals surface area contributed by atoms with Crippen molar-refractivity contribution < 1.29 is 9.53 Å². The number of rotatable bonds is 4. The number of hydrogen-bond acceptors (Lipinski definition) is 2. The van der Waals surface area contributed by atoms with Gasteiger partial charge < -0.3 is 10.1 Å². The molecule has 0 aromatic rings. The summed E-state index contributed by atoms with van der Waals surface area (Å²) >= 11 is 0. The summed E-state index contributed by atoms with van der Waals surface area (Å²) in [5, 5.41) is 2.70. The number of alkyl carbamates (subject to hydrolysis) is 1. The van der Waals surface area contributed by atoms with Gasteiger partial charge in [-0.05, 0) is 26.7 Å². The van der Waals surface area contributed by atoms with Gasteiger partial charge >= 0.3 is 6.09 Å².